The van der Waals surface area contributed by atoms with Gasteiger partial charge in [0.05, 0.1) is 0 Å². The molecule has 74 heavy (non-hydrogen) atoms. The van der Waals surface area contributed by atoms with Crippen LogP contribution in [0.5, 0.6) is 0 Å². The van der Waals surface area contributed by atoms with Gasteiger partial charge >= 0.3 is 17.9 Å². The lowest BCUT2D eigenvalue weighted by Gasteiger charge is -2.18. The van der Waals surface area contributed by atoms with Gasteiger partial charge in [-0.05, 0) is 19.3 Å². The van der Waals surface area contributed by atoms with Gasteiger partial charge in [-0.2, -0.15) is 0 Å². The van der Waals surface area contributed by atoms with E-state index in [2.05, 4.69) is 20.8 Å². The molecule has 0 saturated heterocycles. The summed E-state index contributed by atoms with van der Waals surface area (Å²) in [5, 5.41) is 0. The van der Waals surface area contributed by atoms with Crippen molar-refractivity contribution in [3.8, 4) is 0 Å². The summed E-state index contributed by atoms with van der Waals surface area (Å²) in [5.74, 6) is -0.840. The molecule has 0 N–H and O–H groups in total. The summed E-state index contributed by atoms with van der Waals surface area (Å²) in [6.07, 6.45) is 74.7. The van der Waals surface area contributed by atoms with Crippen LogP contribution in [0.15, 0.2) is 0 Å². The maximum atomic E-state index is 12.8. The van der Waals surface area contributed by atoms with Crippen molar-refractivity contribution in [1.29, 1.82) is 0 Å². The number of ether oxygens (including phenoxy) is 3. The molecule has 0 aromatic rings. The highest BCUT2D eigenvalue weighted by atomic mass is 16.6. The standard InChI is InChI=1S/C68H132O6/c1-4-7-10-13-16-18-20-22-24-25-26-27-28-29-30-31-32-33-34-35-36-37-38-39-40-41-42-43-44-46-47-49-52-55-58-61-67(70)73-64-65(63-72-66(69)60-57-54-51-15-12-9-6-3)74-68(71)62-59-56-53-50-48-45-23-21-19-17-14-11-8-5-2/h65H,4-64H2,1-3H3. The molecule has 0 radical (unpaired) electrons. The van der Waals surface area contributed by atoms with Crippen molar-refractivity contribution >= 4 is 17.9 Å². The predicted molar refractivity (Wildman–Crippen MR) is 321 cm³/mol. The first kappa shape index (κ1) is 72.4. The Labute approximate surface area is 463 Å². The SMILES string of the molecule is CCCCCCCCCCCCCCCCCCCCCCCCCCCCCCCCCCCCCC(=O)OCC(COC(=O)CCCCCCCCC)OC(=O)CCCCCCCCCCCCCCCC. The summed E-state index contributed by atoms with van der Waals surface area (Å²) in [5.41, 5.74) is 0. The van der Waals surface area contributed by atoms with E-state index in [9.17, 15) is 14.4 Å². The Kier molecular flexibility index (Phi) is 62.6. The Morgan fingerprint density at radius 2 is 0.365 bits per heavy atom. The number of hydrogen-bond donors (Lipinski definition) is 0. The minimum atomic E-state index is -0.760. The van der Waals surface area contributed by atoms with E-state index in [-0.39, 0.29) is 31.1 Å². The lowest BCUT2D eigenvalue weighted by molar-refractivity contribution is -0.167. The average molecular weight is 1050 g/mol. The highest BCUT2D eigenvalue weighted by Gasteiger charge is 2.19. The van der Waals surface area contributed by atoms with Crippen LogP contribution < -0.4 is 0 Å². The number of hydrogen-bond acceptors (Lipinski definition) is 6. The van der Waals surface area contributed by atoms with Crippen LogP contribution in [0.4, 0.5) is 0 Å². The van der Waals surface area contributed by atoms with Gasteiger partial charge in [-0.1, -0.05) is 361 Å². The maximum Gasteiger partial charge on any atom is 0.306 e. The Morgan fingerprint density at radius 3 is 0.541 bits per heavy atom. The molecule has 0 bridgehead atoms. The Balaban J connectivity index is 3.85. The van der Waals surface area contributed by atoms with Gasteiger partial charge < -0.3 is 14.2 Å². The van der Waals surface area contributed by atoms with Gasteiger partial charge in [-0.15, -0.1) is 0 Å². The summed E-state index contributed by atoms with van der Waals surface area (Å²) in [4.78, 5) is 38.0. The first-order chi connectivity index (χ1) is 36.5. The van der Waals surface area contributed by atoms with Crippen LogP contribution in [0.1, 0.15) is 400 Å². The molecule has 0 spiro atoms. The third-order valence-corrected chi connectivity index (χ3v) is 15.9. The van der Waals surface area contributed by atoms with Crippen molar-refractivity contribution in [3.05, 3.63) is 0 Å². The highest BCUT2D eigenvalue weighted by molar-refractivity contribution is 5.71. The van der Waals surface area contributed by atoms with Crippen molar-refractivity contribution in [2.24, 2.45) is 0 Å². The maximum absolute atomic E-state index is 12.8. The molecule has 0 aliphatic heterocycles. The second-order valence-electron chi connectivity index (χ2n) is 23.5. The zero-order valence-electron chi connectivity index (χ0n) is 50.7. The van der Waals surface area contributed by atoms with Crippen molar-refractivity contribution < 1.29 is 28.6 Å². The summed E-state index contributed by atoms with van der Waals surface area (Å²) in [6.45, 7) is 6.67. The van der Waals surface area contributed by atoms with E-state index in [1.807, 2.05) is 0 Å². The molecule has 440 valence electrons. The Morgan fingerprint density at radius 1 is 0.216 bits per heavy atom. The van der Waals surface area contributed by atoms with Gasteiger partial charge in [0.25, 0.3) is 0 Å². The third kappa shape index (κ3) is 61.3. The van der Waals surface area contributed by atoms with Gasteiger partial charge in [-0.25, -0.2) is 0 Å². The van der Waals surface area contributed by atoms with Gasteiger partial charge in [0.1, 0.15) is 13.2 Å². The smallest absolute Gasteiger partial charge is 0.306 e. The Hall–Kier alpha value is -1.59. The molecule has 0 aromatic carbocycles. The summed E-state index contributed by atoms with van der Waals surface area (Å²) < 4.78 is 16.8. The number of esters is 3. The number of unbranched alkanes of at least 4 members (excludes halogenated alkanes) is 53. The zero-order valence-corrected chi connectivity index (χ0v) is 50.7. The average Bonchev–Trinajstić information content (AvgIpc) is 3.40. The Bertz CT molecular complexity index is 1110. The largest absolute Gasteiger partial charge is 0.462 e. The molecule has 6 heteroatoms. The van der Waals surface area contributed by atoms with Crippen molar-refractivity contribution in [2.45, 2.75) is 406 Å². The fourth-order valence-corrected chi connectivity index (χ4v) is 10.7. The van der Waals surface area contributed by atoms with Crippen LogP contribution in [0.25, 0.3) is 0 Å². The molecule has 0 amide bonds. The fraction of sp³-hybridized carbons (Fsp3) is 0.956. The summed E-state index contributed by atoms with van der Waals surface area (Å²) in [6, 6.07) is 0. The summed E-state index contributed by atoms with van der Waals surface area (Å²) in [7, 11) is 0. The van der Waals surface area contributed by atoms with Crippen LogP contribution in [0, 0.1) is 0 Å². The van der Waals surface area contributed by atoms with E-state index >= 15 is 0 Å². The minimum absolute atomic E-state index is 0.0618. The van der Waals surface area contributed by atoms with Crippen LogP contribution in [0.3, 0.4) is 0 Å². The third-order valence-electron chi connectivity index (χ3n) is 15.9. The molecular weight excluding hydrogens is 913 g/mol. The van der Waals surface area contributed by atoms with Gasteiger partial charge in [0, 0.05) is 19.3 Å². The van der Waals surface area contributed by atoms with E-state index < -0.39 is 6.10 Å². The van der Waals surface area contributed by atoms with Gasteiger partial charge in [-0.3, -0.25) is 14.4 Å². The minimum Gasteiger partial charge on any atom is -0.462 e. The molecule has 0 aromatic heterocycles. The predicted octanol–water partition coefficient (Wildman–Crippen LogP) is 23.1. The lowest BCUT2D eigenvalue weighted by atomic mass is 10.0. The molecule has 0 saturated carbocycles. The molecule has 0 aliphatic carbocycles. The topological polar surface area (TPSA) is 78.9 Å². The second kappa shape index (κ2) is 63.9. The fourth-order valence-electron chi connectivity index (χ4n) is 10.7. The first-order valence-corrected chi connectivity index (χ1v) is 34.0. The van der Waals surface area contributed by atoms with Crippen molar-refractivity contribution in [1.82, 2.24) is 0 Å². The number of rotatable bonds is 64. The highest BCUT2D eigenvalue weighted by Crippen LogP contribution is 2.19. The van der Waals surface area contributed by atoms with Gasteiger partial charge in [0.15, 0.2) is 6.10 Å². The van der Waals surface area contributed by atoms with Crippen molar-refractivity contribution in [3.63, 3.8) is 0 Å². The number of carbonyl (C=O) groups is 3. The van der Waals surface area contributed by atoms with E-state index in [1.165, 1.54) is 302 Å². The molecular formula is C68H132O6. The van der Waals surface area contributed by atoms with E-state index in [1.54, 1.807) is 0 Å². The molecule has 6 nitrogen and oxygen atoms in total. The molecule has 1 unspecified atom stereocenters. The second-order valence-corrected chi connectivity index (χ2v) is 23.5. The quantitative estimate of drug-likeness (QED) is 0.0343. The van der Waals surface area contributed by atoms with E-state index in [4.69, 9.17) is 14.2 Å². The lowest BCUT2D eigenvalue weighted by Crippen LogP contribution is -2.30. The molecule has 1 atom stereocenters. The van der Waals surface area contributed by atoms with Crippen LogP contribution in [-0.4, -0.2) is 37.2 Å². The molecule has 0 heterocycles. The summed E-state index contributed by atoms with van der Waals surface area (Å²) >= 11 is 0. The van der Waals surface area contributed by atoms with E-state index in [0.717, 1.165) is 57.8 Å². The first-order valence-electron chi connectivity index (χ1n) is 34.0. The molecule has 0 rings (SSSR count). The van der Waals surface area contributed by atoms with E-state index in [0.29, 0.717) is 19.3 Å². The molecule has 0 aliphatic rings. The number of carbonyl (C=O) groups excluding carboxylic acids is 3. The van der Waals surface area contributed by atoms with Crippen LogP contribution >= 0.6 is 0 Å². The molecule has 0 fully saturated rings. The van der Waals surface area contributed by atoms with Gasteiger partial charge in [0.2, 0.25) is 0 Å². The monoisotopic (exact) mass is 1050 g/mol. The van der Waals surface area contributed by atoms with Crippen molar-refractivity contribution in [2.75, 3.05) is 13.2 Å². The zero-order chi connectivity index (χ0) is 53.6. The van der Waals surface area contributed by atoms with Crippen LogP contribution in [-0.2, 0) is 28.6 Å². The normalized spacial score (nSPS) is 11.9. The van der Waals surface area contributed by atoms with Crippen LogP contribution in [0.2, 0.25) is 0 Å².